The summed E-state index contributed by atoms with van der Waals surface area (Å²) in [5.74, 6) is 0.941. The van der Waals surface area contributed by atoms with Crippen LogP contribution in [0.4, 0.5) is 0 Å². The van der Waals surface area contributed by atoms with Crippen molar-refractivity contribution in [1.29, 1.82) is 0 Å². The maximum absolute atomic E-state index is 6.21. The SMILES string of the molecule is Cn1c2ccncc2c2ccc(-c3ccc(O[C@H]4C[C@H](OC5CCNCC5)C4)cc3)cc21. The summed E-state index contributed by atoms with van der Waals surface area (Å²) in [7, 11) is 2.12. The molecule has 1 saturated carbocycles. The molecule has 1 saturated heterocycles. The first-order chi connectivity index (χ1) is 15.7. The number of hydrogen-bond donors (Lipinski definition) is 1. The highest BCUT2D eigenvalue weighted by Gasteiger charge is 2.33. The number of aromatic nitrogens is 2. The van der Waals surface area contributed by atoms with E-state index in [1.807, 2.05) is 12.4 Å². The first-order valence-electron chi connectivity index (χ1n) is 11.7. The molecule has 5 heteroatoms. The molecule has 0 radical (unpaired) electrons. The largest absolute Gasteiger partial charge is 0.490 e. The van der Waals surface area contributed by atoms with Crippen molar-refractivity contribution in [3.8, 4) is 16.9 Å². The van der Waals surface area contributed by atoms with Gasteiger partial charge < -0.3 is 19.4 Å². The topological polar surface area (TPSA) is 48.3 Å². The highest BCUT2D eigenvalue weighted by atomic mass is 16.5. The molecular formula is C27H29N3O2. The van der Waals surface area contributed by atoms with Crippen LogP contribution in [0, 0.1) is 0 Å². The van der Waals surface area contributed by atoms with E-state index in [-0.39, 0.29) is 6.10 Å². The summed E-state index contributed by atoms with van der Waals surface area (Å²) in [6.45, 7) is 2.16. The van der Waals surface area contributed by atoms with Crippen LogP contribution < -0.4 is 10.1 Å². The van der Waals surface area contributed by atoms with Crippen molar-refractivity contribution in [2.45, 2.75) is 44.0 Å². The highest BCUT2D eigenvalue weighted by Crippen LogP contribution is 2.33. The van der Waals surface area contributed by atoms with Crippen molar-refractivity contribution in [2.24, 2.45) is 7.05 Å². The van der Waals surface area contributed by atoms with E-state index >= 15 is 0 Å². The molecule has 6 rings (SSSR count). The minimum absolute atomic E-state index is 0.272. The fourth-order valence-corrected chi connectivity index (χ4v) is 5.08. The van der Waals surface area contributed by atoms with Crippen molar-refractivity contribution >= 4 is 21.8 Å². The van der Waals surface area contributed by atoms with Crippen LogP contribution in [0.25, 0.3) is 32.9 Å². The van der Waals surface area contributed by atoms with Crippen LogP contribution in [0.5, 0.6) is 5.75 Å². The van der Waals surface area contributed by atoms with Crippen molar-refractivity contribution in [1.82, 2.24) is 14.9 Å². The van der Waals surface area contributed by atoms with Crippen LogP contribution in [0.3, 0.4) is 0 Å². The average Bonchev–Trinajstić information content (AvgIpc) is 3.10. The van der Waals surface area contributed by atoms with Gasteiger partial charge in [-0.2, -0.15) is 0 Å². The first kappa shape index (κ1) is 19.8. The maximum atomic E-state index is 6.21. The van der Waals surface area contributed by atoms with Crippen LogP contribution in [-0.4, -0.2) is 41.0 Å². The van der Waals surface area contributed by atoms with E-state index < -0.39 is 0 Å². The summed E-state index contributed by atoms with van der Waals surface area (Å²) in [5.41, 5.74) is 4.84. The number of hydrogen-bond acceptors (Lipinski definition) is 4. The van der Waals surface area contributed by atoms with Crippen LogP contribution >= 0.6 is 0 Å². The maximum Gasteiger partial charge on any atom is 0.119 e. The van der Waals surface area contributed by atoms with Crippen molar-refractivity contribution in [3.05, 3.63) is 60.9 Å². The second-order valence-electron chi connectivity index (χ2n) is 9.13. The Balaban J connectivity index is 1.12. The van der Waals surface area contributed by atoms with Crippen molar-refractivity contribution in [3.63, 3.8) is 0 Å². The van der Waals surface area contributed by atoms with Gasteiger partial charge in [-0.25, -0.2) is 0 Å². The molecule has 5 nitrogen and oxygen atoms in total. The third kappa shape index (κ3) is 3.65. The molecule has 2 aromatic heterocycles. The molecule has 1 aliphatic carbocycles. The third-order valence-electron chi connectivity index (χ3n) is 7.02. The number of nitrogens with zero attached hydrogens (tertiary/aromatic N) is 2. The lowest BCUT2D eigenvalue weighted by Gasteiger charge is -2.38. The van der Waals surface area contributed by atoms with E-state index in [9.17, 15) is 0 Å². The Labute approximate surface area is 188 Å². The van der Waals surface area contributed by atoms with Gasteiger partial charge in [0, 0.05) is 48.6 Å². The molecule has 2 fully saturated rings. The number of benzene rings is 2. The van der Waals surface area contributed by atoms with Gasteiger partial charge in [-0.1, -0.05) is 24.3 Å². The molecule has 164 valence electrons. The molecule has 4 aromatic rings. The zero-order valence-electron chi connectivity index (χ0n) is 18.5. The van der Waals surface area contributed by atoms with E-state index in [0.717, 1.165) is 44.5 Å². The summed E-state index contributed by atoms with van der Waals surface area (Å²) >= 11 is 0. The molecule has 0 bridgehead atoms. The van der Waals surface area contributed by atoms with Crippen LogP contribution in [0.1, 0.15) is 25.7 Å². The summed E-state index contributed by atoms with van der Waals surface area (Å²) < 4.78 is 14.6. The Hall–Kier alpha value is -2.89. The number of fused-ring (bicyclic) bond motifs is 3. The van der Waals surface area contributed by atoms with Gasteiger partial charge in [0.2, 0.25) is 0 Å². The van der Waals surface area contributed by atoms with Gasteiger partial charge in [-0.05, 0) is 61.3 Å². The zero-order valence-corrected chi connectivity index (χ0v) is 18.5. The fraction of sp³-hybridized carbons (Fsp3) is 0.370. The molecule has 2 aliphatic rings. The van der Waals surface area contributed by atoms with E-state index in [0.29, 0.717) is 12.2 Å². The number of nitrogens with one attached hydrogen (secondary N) is 1. The highest BCUT2D eigenvalue weighted by molar-refractivity contribution is 6.08. The third-order valence-corrected chi connectivity index (χ3v) is 7.02. The van der Waals surface area contributed by atoms with Gasteiger partial charge in [0.1, 0.15) is 11.9 Å². The predicted octanol–water partition coefficient (Wildman–Crippen LogP) is 5.07. The van der Waals surface area contributed by atoms with Crippen molar-refractivity contribution < 1.29 is 9.47 Å². The normalized spacial score (nSPS) is 21.7. The molecule has 1 aliphatic heterocycles. The molecular weight excluding hydrogens is 398 g/mol. The predicted molar refractivity (Wildman–Crippen MR) is 128 cm³/mol. The van der Waals surface area contributed by atoms with E-state index in [1.54, 1.807) is 0 Å². The van der Waals surface area contributed by atoms with Gasteiger partial charge >= 0.3 is 0 Å². The molecule has 0 spiro atoms. The molecule has 2 aromatic carbocycles. The molecule has 3 heterocycles. The van der Waals surface area contributed by atoms with Gasteiger partial charge in [0.05, 0.1) is 17.7 Å². The molecule has 0 atom stereocenters. The Kier molecular flexibility index (Phi) is 5.08. The van der Waals surface area contributed by atoms with Gasteiger partial charge in [0.15, 0.2) is 0 Å². The summed E-state index contributed by atoms with van der Waals surface area (Å²) in [5, 5.41) is 5.83. The number of ether oxygens (including phenoxy) is 2. The smallest absolute Gasteiger partial charge is 0.119 e. The minimum atomic E-state index is 0.272. The Morgan fingerprint density at radius 1 is 0.844 bits per heavy atom. The van der Waals surface area contributed by atoms with Gasteiger partial charge in [-0.15, -0.1) is 0 Å². The average molecular weight is 428 g/mol. The van der Waals surface area contributed by atoms with E-state index in [2.05, 4.69) is 70.4 Å². The standard InChI is InChI=1S/C27H29N3O2/c1-30-26-10-13-29-17-25(26)24-7-4-19(14-27(24)30)18-2-5-20(6-3-18)31-22-15-23(16-22)32-21-8-11-28-12-9-21/h2-7,10,13-14,17,21-23,28H,8-9,11-12,15-16H2,1H3/t22-,23-. The van der Waals surface area contributed by atoms with Crippen molar-refractivity contribution in [2.75, 3.05) is 13.1 Å². The van der Waals surface area contributed by atoms with E-state index in [1.165, 1.54) is 32.9 Å². The zero-order chi connectivity index (χ0) is 21.5. The Morgan fingerprint density at radius 3 is 2.44 bits per heavy atom. The number of rotatable bonds is 5. The second kappa shape index (κ2) is 8.23. The fourth-order valence-electron chi connectivity index (χ4n) is 5.08. The van der Waals surface area contributed by atoms with Crippen LogP contribution in [-0.2, 0) is 11.8 Å². The minimum Gasteiger partial charge on any atom is -0.490 e. The Morgan fingerprint density at radius 2 is 1.62 bits per heavy atom. The second-order valence-corrected chi connectivity index (χ2v) is 9.13. The summed E-state index contributed by atoms with van der Waals surface area (Å²) in [4.78, 5) is 4.30. The lowest BCUT2D eigenvalue weighted by atomic mass is 9.91. The first-order valence-corrected chi connectivity index (χ1v) is 11.7. The van der Waals surface area contributed by atoms with E-state index in [4.69, 9.17) is 9.47 Å². The van der Waals surface area contributed by atoms with Gasteiger partial charge in [0.25, 0.3) is 0 Å². The molecule has 0 unspecified atom stereocenters. The molecule has 1 N–H and O–H groups in total. The molecule has 32 heavy (non-hydrogen) atoms. The lowest BCUT2D eigenvalue weighted by molar-refractivity contribution is -0.103. The number of aryl methyl sites for hydroxylation is 1. The Bertz CT molecular complexity index is 1240. The number of pyridine rings is 1. The lowest BCUT2D eigenvalue weighted by Crippen LogP contribution is -2.43. The quantitative estimate of drug-likeness (QED) is 0.483. The monoisotopic (exact) mass is 427 g/mol. The van der Waals surface area contributed by atoms with Crippen LogP contribution in [0.15, 0.2) is 60.9 Å². The molecule has 0 amide bonds. The van der Waals surface area contributed by atoms with Gasteiger partial charge in [-0.3, -0.25) is 4.98 Å². The summed E-state index contributed by atoms with van der Waals surface area (Å²) in [6, 6.07) is 17.2. The summed E-state index contributed by atoms with van der Waals surface area (Å²) in [6.07, 6.45) is 9.12. The van der Waals surface area contributed by atoms with Crippen LogP contribution in [0.2, 0.25) is 0 Å². The number of piperidine rings is 1.